The van der Waals surface area contributed by atoms with Crippen molar-refractivity contribution in [1.82, 2.24) is 40.1 Å². The second kappa shape index (κ2) is 19.9. The first-order valence-electron chi connectivity index (χ1n) is 22.8. The molecule has 2 saturated heterocycles. The molecule has 3 amide bonds. The maximum Gasteiger partial charge on any atom is 0.406 e. The number of cyclic esters (lactones) is 1. The van der Waals surface area contributed by atoms with E-state index in [2.05, 4.69) is 27.6 Å². The maximum absolute atomic E-state index is 14.7. The van der Waals surface area contributed by atoms with E-state index in [0.717, 1.165) is 0 Å². The number of aromatic nitrogens is 3. The zero-order valence-electron chi connectivity index (χ0n) is 40.1. The third-order valence-corrected chi connectivity index (χ3v) is 13.8. The van der Waals surface area contributed by atoms with Crippen molar-refractivity contribution in [2.45, 2.75) is 116 Å². The molecule has 2 N–H and O–H groups in total. The number of halogens is 3. The Balaban J connectivity index is 1.19. The van der Waals surface area contributed by atoms with Gasteiger partial charge in [0, 0.05) is 78.6 Å². The molecule has 0 radical (unpaired) electrons. The fourth-order valence-electron chi connectivity index (χ4n) is 8.39. The van der Waals surface area contributed by atoms with Crippen molar-refractivity contribution in [3.8, 4) is 34.4 Å². The molecule has 1 aromatic carbocycles. The molecule has 68 heavy (non-hydrogen) atoms. The van der Waals surface area contributed by atoms with E-state index in [-0.39, 0.29) is 51.0 Å². The van der Waals surface area contributed by atoms with E-state index in [9.17, 15) is 32.3 Å². The van der Waals surface area contributed by atoms with Gasteiger partial charge in [0.15, 0.2) is 0 Å². The number of thiazole rings is 1. The average molecular weight is 963 g/mol. The number of nitrogens with zero attached hydrogens (tertiary/aromatic N) is 6. The topological polar surface area (TPSA) is 160 Å². The van der Waals surface area contributed by atoms with Crippen LogP contribution in [0.2, 0.25) is 0 Å². The summed E-state index contributed by atoms with van der Waals surface area (Å²) in [4.78, 5) is 67.2. The van der Waals surface area contributed by atoms with Gasteiger partial charge in [-0.2, -0.15) is 13.2 Å². The highest BCUT2D eigenvalue weighted by Gasteiger charge is 2.39. The van der Waals surface area contributed by atoms with Gasteiger partial charge in [-0.15, -0.1) is 11.3 Å². The number of alkyl halides is 3. The van der Waals surface area contributed by atoms with Crippen LogP contribution in [0.5, 0.6) is 0 Å². The van der Waals surface area contributed by atoms with Crippen LogP contribution in [-0.4, -0.2) is 137 Å². The molecule has 3 aromatic heterocycles. The highest BCUT2D eigenvalue weighted by molar-refractivity contribution is 7.10. The fourth-order valence-corrected chi connectivity index (χ4v) is 9.24. The van der Waals surface area contributed by atoms with E-state index in [1.807, 2.05) is 72.0 Å². The molecule has 0 aliphatic carbocycles. The number of likely N-dealkylation sites (tertiary alicyclic amines) is 1. The molecule has 15 nitrogen and oxygen atoms in total. The number of methoxy groups -OCH3 is 1. The van der Waals surface area contributed by atoms with Crippen molar-refractivity contribution >= 4 is 45.9 Å². The summed E-state index contributed by atoms with van der Waals surface area (Å²) in [6, 6.07) is 6.73. The van der Waals surface area contributed by atoms with Crippen LogP contribution < -0.4 is 10.7 Å². The maximum atomic E-state index is 14.7. The summed E-state index contributed by atoms with van der Waals surface area (Å²) in [7, 11) is 5.31. The van der Waals surface area contributed by atoms with E-state index in [1.165, 1.54) is 28.0 Å². The molecule has 0 saturated carbocycles. The lowest BCUT2D eigenvalue weighted by Crippen LogP contribution is -2.60. The molecule has 4 aromatic rings. The van der Waals surface area contributed by atoms with Gasteiger partial charge < -0.3 is 29.0 Å². The summed E-state index contributed by atoms with van der Waals surface area (Å²) in [6.45, 7) is 10.9. The Hall–Kier alpha value is -5.39. The number of esters is 1. The Morgan fingerprint density at radius 1 is 1.12 bits per heavy atom. The molecule has 366 valence electrons. The molecule has 6 bridgehead atoms. The molecule has 3 aliphatic heterocycles. The monoisotopic (exact) mass is 962 g/mol. The second-order valence-electron chi connectivity index (χ2n) is 19.7. The third-order valence-electron chi connectivity index (χ3n) is 12.9. The lowest BCUT2D eigenvalue weighted by molar-refractivity contribution is -0.155. The quantitative estimate of drug-likeness (QED) is 0.144. The van der Waals surface area contributed by atoms with Crippen LogP contribution >= 0.6 is 11.3 Å². The molecular weight excluding hydrogens is 902 g/mol. The predicted molar refractivity (Wildman–Crippen MR) is 251 cm³/mol. The first-order valence-corrected chi connectivity index (χ1v) is 23.7. The Labute approximate surface area is 399 Å². The number of rotatable bonds is 10. The van der Waals surface area contributed by atoms with Crippen molar-refractivity contribution in [3.63, 3.8) is 0 Å². The van der Waals surface area contributed by atoms with Crippen molar-refractivity contribution in [2.75, 3.05) is 54.1 Å². The lowest BCUT2D eigenvalue weighted by atomic mass is 9.83. The van der Waals surface area contributed by atoms with Gasteiger partial charge in [0.05, 0.1) is 46.9 Å². The summed E-state index contributed by atoms with van der Waals surface area (Å²) < 4.78 is 63.0. The summed E-state index contributed by atoms with van der Waals surface area (Å²) >= 11 is 1.29. The van der Waals surface area contributed by atoms with Crippen molar-refractivity contribution in [1.29, 1.82) is 0 Å². The van der Waals surface area contributed by atoms with Gasteiger partial charge in [-0.1, -0.05) is 25.8 Å². The normalized spacial score (nSPS) is 19.5. The molecule has 2 atom stereocenters. The summed E-state index contributed by atoms with van der Waals surface area (Å²) in [5.41, 5.74) is 4.21. The SMILES string of the molecule is COC(C)(C)c1ncccc1-c1c2c3cc(ccc3n1CC(F)(F)F)-c1csc(n1)C[C@H](NC(=O)CCOC1CN(C(=O)C#CC(C)(C)N(C)C)C1)C(=O)N1CCC[C@H](N1)C(=O)OCC(C)(C)C2. The number of hydrogen-bond acceptors (Lipinski definition) is 12. The van der Waals surface area contributed by atoms with Gasteiger partial charge in [-0.05, 0) is 96.8 Å². The van der Waals surface area contributed by atoms with E-state index in [1.54, 1.807) is 35.4 Å². The van der Waals surface area contributed by atoms with Gasteiger partial charge in [0.2, 0.25) is 5.91 Å². The summed E-state index contributed by atoms with van der Waals surface area (Å²) in [6.07, 6.45) is -2.24. The standard InChI is InChI=1S/C49H61F3N8O7S/c1-46(2)24-34-33-22-30(14-15-38(33)59(28-49(50,51)52)42(34)32-12-10-19-53-43(32)48(5,6)65-9)37-27-68-40(55-37)23-36(44(63)60-20-11-13-35(56-60)45(64)67-29-46)54-39(61)17-21-66-31-25-58(26-31)41(62)16-18-47(3,4)57(7)8/h10,12,14-15,19,22,27,31,35-36,56H,11,13,17,20-21,23-26,28-29H2,1-9H3,(H,54,61)/t35-,36-/m0/s1. The zero-order chi connectivity index (χ0) is 49.3. The molecule has 19 heteroatoms. The highest BCUT2D eigenvalue weighted by Crippen LogP contribution is 2.44. The van der Waals surface area contributed by atoms with Crippen LogP contribution in [0.1, 0.15) is 77.1 Å². The minimum Gasteiger partial charge on any atom is -0.464 e. The number of carbonyl (C=O) groups is 4. The lowest BCUT2D eigenvalue weighted by Gasteiger charge is -2.37. The minimum absolute atomic E-state index is 0.0155. The number of carbonyl (C=O) groups excluding carboxylic acids is 4. The van der Waals surface area contributed by atoms with Gasteiger partial charge in [-0.25, -0.2) is 10.4 Å². The number of nitrogens with one attached hydrogen (secondary N) is 2. The van der Waals surface area contributed by atoms with Crippen LogP contribution in [0.4, 0.5) is 13.2 Å². The van der Waals surface area contributed by atoms with Crippen molar-refractivity contribution in [2.24, 2.45) is 5.41 Å². The van der Waals surface area contributed by atoms with Crippen LogP contribution in [0.15, 0.2) is 41.9 Å². The largest absolute Gasteiger partial charge is 0.464 e. The number of fused-ring (bicyclic) bond motifs is 6. The smallest absolute Gasteiger partial charge is 0.406 e. The number of amides is 3. The summed E-state index contributed by atoms with van der Waals surface area (Å²) in [5, 5.41) is 7.14. The Bertz CT molecular complexity index is 2610. The van der Waals surface area contributed by atoms with Gasteiger partial charge in [-0.3, -0.25) is 34.1 Å². The number of hydrazine groups is 1. The minimum atomic E-state index is -4.59. The van der Waals surface area contributed by atoms with Gasteiger partial charge in [0.25, 0.3) is 11.8 Å². The van der Waals surface area contributed by atoms with Crippen LogP contribution in [0, 0.1) is 17.3 Å². The van der Waals surface area contributed by atoms with E-state index in [4.69, 9.17) is 19.2 Å². The molecule has 6 heterocycles. The van der Waals surface area contributed by atoms with Gasteiger partial charge >= 0.3 is 12.1 Å². The average Bonchev–Trinajstić information content (AvgIpc) is 3.85. The molecule has 0 spiro atoms. The number of pyridine rings is 1. The number of hydrogen-bond donors (Lipinski definition) is 2. The first kappa shape index (κ1) is 50.5. The molecule has 3 aliphatic rings. The third kappa shape index (κ3) is 11.5. The van der Waals surface area contributed by atoms with Crippen molar-refractivity contribution in [3.05, 3.63) is 58.2 Å². The number of ether oxygens (including phenoxy) is 3. The summed E-state index contributed by atoms with van der Waals surface area (Å²) in [5.74, 6) is 3.93. The van der Waals surface area contributed by atoms with E-state index in [0.29, 0.717) is 75.6 Å². The van der Waals surface area contributed by atoms with Gasteiger partial charge in [0.1, 0.15) is 24.2 Å². The Morgan fingerprint density at radius 3 is 2.57 bits per heavy atom. The molecule has 0 unspecified atom stereocenters. The first-order chi connectivity index (χ1) is 31.9. The molecule has 2 fully saturated rings. The molecule has 7 rings (SSSR count). The van der Waals surface area contributed by atoms with Crippen molar-refractivity contribution < 1.29 is 46.6 Å². The zero-order valence-corrected chi connectivity index (χ0v) is 41.0. The van der Waals surface area contributed by atoms with Crippen LogP contribution in [0.25, 0.3) is 33.4 Å². The fraction of sp³-hybridized carbons (Fsp3) is 0.551. The number of benzene rings is 1. The van der Waals surface area contributed by atoms with E-state index >= 15 is 0 Å². The highest BCUT2D eigenvalue weighted by atomic mass is 32.1. The Kier molecular flexibility index (Phi) is 14.8. The second-order valence-corrected chi connectivity index (χ2v) is 20.7. The Morgan fingerprint density at radius 2 is 1.87 bits per heavy atom. The van der Waals surface area contributed by atoms with E-state index < -0.39 is 59.1 Å². The predicted octanol–water partition coefficient (Wildman–Crippen LogP) is 5.88. The van der Waals surface area contributed by atoms with Crippen LogP contribution in [0.3, 0.4) is 0 Å². The molecular formula is C49H61F3N8O7S. The van der Waals surface area contributed by atoms with Crippen LogP contribution in [-0.2, 0) is 58.4 Å².